The summed E-state index contributed by atoms with van der Waals surface area (Å²) in [5.74, 6) is 0.0491. The predicted octanol–water partition coefficient (Wildman–Crippen LogP) is 3.34. The van der Waals surface area contributed by atoms with E-state index in [0.717, 1.165) is 32.5 Å². The summed E-state index contributed by atoms with van der Waals surface area (Å²) in [6.07, 6.45) is 3.47. The van der Waals surface area contributed by atoms with Crippen LogP contribution < -0.4 is 4.90 Å². The lowest BCUT2D eigenvalue weighted by molar-refractivity contribution is -0.131. The van der Waals surface area contributed by atoms with Crippen LogP contribution in [0.4, 0.5) is 5.69 Å². The van der Waals surface area contributed by atoms with Crippen LogP contribution in [-0.4, -0.2) is 65.7 Å². The molecule has 1 amide bonds. The first-order valence-corrected chi connectivity index (χ1v) is 10.1. The highest BCUT2D eigenvalue weighted by molar-refractivity contribution is 6.42. The molecule has 1 saturated heterocycles. The molecule has 2 aromatic rings. The van der Waals surface area contributed by atoms with Gasteiger partial charge in [-0.3, -0.25) is 9.69 Å². The van der Waals surface area contributed by atoms with E-state index in [1.807, 2.05) is 18.0 Å². The smallest absolute Gasteiger partial charge is 0.242 e. The van der Waals surface area contributed by atoms with Gasteiger partial charge in [-0.15, -0.1) is 5.10 Å². The van der Waals surface area contributed by atoms with E-state index in [9.17, 15) is 4.79 Å². The summed E-state index contributed by atoms with van der Waals surface area (Å²) < 4.78 is 0. The highest BCUT2D eigenvalue weighted by Gasteiger charge is 2.26. The Kier molecular flexibility index (Phi) is 7.10. The van der Waals surface area contributed by atoms with Gasteiger partial charge >= 0.3 is 0 Å². The van der Waals surface area contributed by atoms with Crippen molar-refractivity contribution in [3.05, 3.63) is 52.3 Å². The van der Waals surface area contributed by atoms with Gasteiger partial charge in [-0.2, -0.15) is 5.10 Å². The molecular weight excluding hydrogens is 397 g/mol. The average Bonchev–Trinajstić information content (AvgIpc) is 2.70. The molecule has 0 saturated carbocycles. The van der Waals surface area contributed by atoms with Crippen molar-refractivity contribution < 1.29 is 4.79 Å². The molecule has 0 N–H and O–H groups in total. The van der Waals surface area contributed by atoms with Crippen LogP contribution in [0, 0.1) is 0 Å². The molecule has 0 unspecified atom stereocenters. The van der Waals surface area contributed by atoms with Crippen molar-refractivity contribution in [3.63, 3.8) is 0 Å². The Labute approximate surface area is 176 Å². The average molecular weight is 422 g/mol. The Hall–Kier alpha value is -1.89. The SMILES string of the molecule is CN(CC(=O)N(C)C1CCN(Cc2ccccc2)CC1)c1cnnc(Cl)c1Cl. The summed E-state index contributed by atoms with van der Waals surface area (Å²) in [4.78, 5) is 18.8. The molecule has 1 aliphatic heterocycles. The minimum Gasteiger partial charge on any atom is -0.363 e. The molecule has 0 spiro atoms. The fourth-order valence-electron chi connectivity index (χ4n) is 3.52. The number of aromatic nitrogens is 2. The lowest BCUT2D eigenvalue weighted by Gasteiger charge is -2.37. The molecule has 0 bridgehead atoms. The third kappa shape index (κ3) is 5.13. The maximum absolute atomic E-state index is 12.8. The van der Waals surface area contributed by atoms with Gasteiger partial charge in [0.05, 0.1) is 18.4 Å². The van der Waals surface area contributed by atoms with Gasteiger partial charge in [0.15, 0.2) is 5.15 Å². The molecule has 6 nitrogen and oxygen atoms in total. The maximum atomic E-state index is 12.8. The summed E-state index contributed by atoms with van der Waals surface area (Å²) in [6, 6.07) is 10.7. The number of anilines is 1. The second-order valence-corrected chi connectivity index (χ2v) is 7.92. The van der Waals surface area contributed by atoms with E-state index in [2.05, 4.69) is 39.4 Å². The number of rotatable bonds is 6. The zero-order chi connectivity index (χ0) is 20.1. The van der Waals surface area contributed by atoms with Crippen LogP contribution in [-0.2, 0) is 11.3 Å². The molecule has 1 fully saturated rings. The normalized spacial score (nSPS) is 15.4. The van der Waals surface area contributed by atoms with Gasteiger partial charge in [0.2, 0.25) is 5.91 Å². The van der Waals surface area contributed by atoms with E-state index >= 15 is 0 Å². The molecule has 1 aliphatic rings. The summed E-state index contributed by atoms with van der Waals surface area (Å²) in [6.45, 7) is 3.15. The van der Waals surface area contributed by atoms with Gasteiger partial charge in [0.25, 0.3) is 0 Å². The number of likely N-dealkylation sites (tertiary alicyclic amines) is 1. The molecule has 0 atom stereocenters. The number of piperidine rings is 1. The Morgan fingerprint density at radius 2 is 1.86 bits per heavy atom. The fourth-order valence-corrected chi connectivity index (χ4v) is 3.89. The minimum absolute atomic E-state index is 0.0491. The van der Waals surface area contributed by atoms with Gasteiger partial charge in [-0.1, -0.05) is 53.5 Å². The standard InChI is InChI=1S/C20H25Cl2N5O/c1-25(17-12-23-24-20(22)19(17)21)14-18(28)26(2)16-8-10-27(11-9-16)13-15-6-4-3-5-7-15/h3-7,12,16H,8-11,13-14H2,1-2H3. The van der Waals surface area contributed by atoms with Crippen molar-refractivity contribution in [2.45, 2.75) is 25.4 Å². The molecule has 28 heavy (non-hydrogen) atoms. The predicted molar refractivity (Wildman–Crippen MR) is 113 cm³/mol. The van der Waals surface area contributed by atoms with E-state index in [0.29, 0.717) is 10.7 Å². The number of carbonyl (C=O) groups is 1. The largest absolute Gasteiger partial charge is 0.363 e. The van der Waals surface area contributed by atoms with E-state index in [1.54, 1.807) is 11.9 Å². The summed E-state index contributed by atoms with van der Waals surface area (Å²) in [5, 5.41) is 7.96. The van der Waals surface area contributed by atoms with Crippen LogP contribution in [0.1, 0.15) is 18.4 Å². The maximum Gasteiger partial charge on any atom is 0.242 e. The number of hydrogen-bond acceptors (Lipinski definition) is 5. The Morgan fingerprint density at radius 3 is 2.54 bits per heavy atom. The van der Waals surface area contributed by atoms with Crippen LogP contribution in [0.5, 0.6) is 0 Å². The molecule has 0 aliphatic carbocycles. The summed E-state index contributed by atoms with van der Waals surface area (Å²) in [7, 11) is 3.68. The molecular formula is C20H25Cl2N5O. The van der Waals surface area contributed by atoms with Gasteiger partial charge in [0.1, 0.15) is 5.02 Å². The second-order valence-electron chi connectivity index (χ2n) is 7.19. The lowest BCUT2D eigenvalue weighted by Crippen LogP contribution is -2.47. The van der Waals surface area contributed by atoms with Crippen molar-refractivity contribution in [2.24, 2.45) is 0 Å². The Balaban J connectivity index is 1.51. The van der Waals surface area contributed by atoms with Crippen LogP contribution in [0.25, 0.3) is 0 Å². The van der Waals surface area contributed by atoms with Gasteiger partial charge < -0.3 is 9.80 Å². The van der Waals surface area contributed by atoms with Crippen LogP contribution >= 0.6 is 23.2 Å². The van der Waals surface area contributed by atoms with E-state index in [-0.39, 0.29) is 23.6 Å². The Bertz CT molecular complexity index is 796. The van der Waals surface area contributed by atoms with Crippen molar-refractivity contribution in [1.82, 2.24) is 20.0 Å². The molecule has 1 aromatic carbocycles. The van der Waals surface area contributed by atoms with Crippen LogP contribution in [0.15, 0.2) is 36.5 Å². The molecule has 150 valence electrons. The van der Waals surface area contributed by atoms with Crippen molar-refractivity contribution >= 4 is 34.8 Å². The molecule has 8 heteroatoms. The van der Waals surface area contributed by atoms with E-state index in [4.69, 9.17) is 23.2 Å². The Morgan fingerprint density at radius 1 is 1.18 bits per heavy atom. The van der Waals surface area contributed by atoms with Crippen LogP contribution in [0.2, 0.25) is 10.2 Å². The number of benzene rings is 1. The first-order valence-electron chi connectivity index (χ1n) is 9.35. The van der Waals surface area contributed by atoms with Crippen molar-refractivity contribution in [2.75, 3.05) is 38.6 Å². The van der Waals surface area contributed by atoms with Gasteiger partial charge in [-0.05, 0) is 18.4 Å². The molecule has 3 rings (SSSR count). The first-order chi connectivity index (χ1) is 13.5. The third-order valence-electron chi connectivity index (χ3n) is 5.26. The fraction of sp³-hybridized carbons (Fsp3) is 0.450. The van der Waals surface area contributed by atoms with Crippen molar-refractivity contribution in [3.8, 4) is 0 Å². The summed E-state index contributed by atoms with van der Waals surface area (Å²) in [5.41, 5.74) is 1.93. The van der Waals surface area contributed by atoms with E-state index < -0.39 is 0 Å². The third-order valence-corrected chi connectivity index (χ3v) is 6.00. The van der Waals surface area contributed by atoms with Gasteiger partial charge in [-0.25, -0.2) is 0 Å². The number of amides is 1. The van der Waals surface area contributed by atoms with Gasteiger partial charge in [0, 0.05) is 39.8 Å². The lowest BCUT2D eigenvalue weighted by atomic mass is 10.0. The zero-order valence-electron chi connectivity index (χ0n) is 16.2. The molecule has 2 heterocycles. The highest BCUT2D eigenvalue weighted by atomic mass is 35.5. The highest BCUT2D eigenvalue weighted by Crippen LogP contribution is 2.29. The number of hydrogen-bond donors (Lipinski definition) is 0. The number of nitrogens with zero attached hydrogens (tertiary/aromatic N) is 5. The second kappa shape index (κ2) is 9.54. The molecule has 1 aromatic heterocycles. The number of likely N-dealkylation sites (N-methyl/N-ethyl adjacent to an activating group) is 2. The quantitative estimate of drug-likeness (QED) is 0.715. The molecule has 0 radical (unpaired) electrons. The van der Waals surface area contributed by atoms with Crippen LogP contribution in [0.3, 0.4) is 0 Å². The zero-order valence-corrected chi connectivity index (χ0v) is 17.7. The number of carbonyl (C=O) groups excluding carboxylic acids is 1. The first kappa shape index (κ1) is 20.8. The minimum atomic E-state index is 0.0491. The van der Waals surface area contributed by atoms with E-state index in [1.165, 1.54) is 11.8 Å². The topological polar surface area (TPSA) is 52.6 Å². The summed E-state index contributed by atoms with van der Waals surface area (Å²) >= 11 is 12.1. The van der Waals surface area contributed by atoms with Crippen molar-refractivity contribution in [1.29, 1.82) is 0 Å². The number of halogens is 2. The monoisotopic (exact) mass is 421 g/mol.